The predicted molar refractivity (Wildman–Crippen MR) is 105 cm³/mol. The number of aromatic nitrogens is 1. The molecule has 0 spiro atoms. The van der Waals surface area contributed by atoms with Gasteiger partial charge in [-0.25, -0.2) is 13.6 Å². The van der Waals surface area contributed by atoms with Gasteiger partial charge in [0.15, 0.2) is 0 Å². The van der Waals surface area contributed by atoms with Crippen LogP contribution in [0.2, 0.25) is 5.02 Å². The molecule has 0 radical (unpaired) electrons. The maximum Gasteiger partial charge on any atom is 0.379 e. The number of carbonyl (C=O) groups excluding carboxylic acids is 2. The molecule has 1 heterocycles. The number of rotatable bonds is 6. The molecule has 0 bridgehead atoms. The summed E-state index contributed by atoms with van der Waals surface area (Å²) >= 11 is 6.05. The first-order valence-corrected chi connectivity index (χ1v) is 9.03. The Morgan fingerprint density at radius 1 is 1.21 bits per heavy atom. The van der Waals surface area contributed by atoms with E-state index >= 15 is 0 Å². The largest absolute Gasteiger partial charge is 0.507 e. The van der Waals surface area contributed by atoms with Crippen molar-refractivity contribution in [3.8, 4) is 0 Å². The van der Waals surface area contributed by atoms with Crippen LogP contribution in [0.15, 0.2) is 48.7 Å². The van der Waals surface area contributed by atoms with E-state index in [0.29, 0.717) is 15.9 Å². The highest BCUT2D eigenvalue weighted by Gasteiger charge is 2.18. The fraction of sp³-hybridized carbons (Fsp3) is 0.143. The molecule has 5 nitrogen and oxygen atoms in total. The third kappa shape index (κ3) is 4.30. The molecule has 0 amide bonds. The van der Waals surface area contributed by atoms with Gasteiger partial charge in [0.25, 0.3) is 5.78 Å². The number of fused-ring (bicyclic) bond motifs is 1. The van der Waals surface area contributed by atoms with Crippen LogP contribution in [0, 0.1) is 11.6 Å². The lowest BCUT2D eigenvalue weighted by Crippen LogP contribution is -2.15. The first-order valence-electron chi connectivity index (χ1n) is 8.65. The van der Waals surface area contributed by atoms with Crippen LogP contribution in [0.25, 0.3) is 16.7 Å². The third-order valence-electron chi connectivity index (χ3n) is 4.25. The summed E-state index contributed by atoms with van der Waals surface area (Å²) < 4.78 is 34.3. The molecule has 1 N–H and O–H groups in total. The number of ketones is 1. The van der Waals surface area contributed by atoms with Gasteiger partial charge >= 0.3 is 5.97 Å². The lowest BCUT2D eigenvalue weighted by Gasteiger charge is -2.08. The summed E-state index contributed by atoms with van der Waals surface area (Å²) in [7, 11) is 0. The summed E-state index contributed by atoms with van der Waals surface area (Å²) in [5, 5.41) is 11.3. The van der Waals surface area contributed by atoms with Crippen LogP contribution >= 0.6 is 11.6 Å². The van der Waals surface area contributed by atoms with Gasteiger partial charge in [0.05, 0.1) is 18.7 Å². The molecule has 3 aromatic rings. The van der Waals surface area contributed by atoms with E-state index in [4.69, 9.17) is 11.6 Å². The van der Waals surface area contributed by atoms with Gasteiger partial charge in [-0.3, -0.25) is 4.79 Å². The molecule has 0 aliphatic rings. The number of esters is 1. The van der Waals surface area contributed by atoms with Gasteiger partial charge in [0.1, 0.15) is 17.4 Å². The van der Waals surface area contributed by atoms with Crippen molar-refractivity contribution in [2.45, 2.75) is 13.5 Å². The average Bonchev–Trinajstić information content (AvgIpc) is 3.02. The number of halogens is 3. The van der Waals surface area contributed by atoms with E-state index in [0.717, 1.165) is 18.2 Å². The van der Waals surface area contributed by atoms with Gasteiger partial charge in [0, 0.05) is 33.8 Å². The molecule has 0 saturated carbocycles. The number of ether oxygens (including phenoxy) is 1. The van der Waals surface area contributed by atoms with Gasteiger partial charge in [-0.05, 0) is 31.2 Å². The van der Waals surface area contributed by atoms with Crippen molar-refractivity contribution in [2.75, 3.05) is 6.61 Å². The SMILES string of the molecule is CCOC(=O)C(=O)/C=C(\O)c1cn(Cc2c(F)cccc2F)c2cc(Cl)ccc12. The van der Waals surface area contributed by atoms with Gasteiger partial charge in [-0.1, -0.05) is 23.7 Å². The minimum Gasteiger partial charge on any atom is -0.507 e. The molecule has 150 valence electrons. The van der Waals surface area contributed by atoms with Crippen LogP contribution in [0.1, 0.15) is 18.1 Å². The van der Waals surface area contributed by atoms with E-state index in [1.807, 2.05) is 0 Å². The van der Waals surface area contributed by atoms with E-state index in [9.17, 15) is 23.5 Å². The molecule has 0 unspecified atom stereocenters. The Kier molecular flexibility index (Phi) is 5.98. The van der Waals surface area contributed by atoms with E-state index < -0.39 is 29.1 Å². The fourth-order valence-corrected chi connectivity index (χ4v) is 3.08. The summed E-state index contributed by atoms with van der Waals surface area (Å²) in [6.45, 7) is 1.40. The van der Waals surface area contributed by atoms with E-state index in [-0.39, 0.29) is 24.3 Å². The van der Waals surface area contributed by atoms with Crippen molar-refractivity contribution in [1.29, 1.82) is 0 Å². The Morgan fingerprint density at radius 2 is 1.90 bits per heavy atom. The number of nitrogens with zero attached hydrogens (tertiary/aromatic N) is 1. The van der Waals surface area contributed by atoms with Gasteiger partial charge < -0.3 is 14.4 Å². The van der Waals surface area contributed by atoms with Crippen molar-refractivity contribution >= 4 is 40.0 Å². The number of hydrogen-bond donors (Lipinski definition) is 1. The lowest BCUT2D eigenvalue weighted by atomic mass is 10.1. The summed E-state index contributed by atoms with van der Waals surface area (Å²) in [5.41, 5.74) is 0.520. The average molecular weight is 420 g/mol. The van der Waals surface area contributed by atoms with Crippen LogP contribution < -0.4 is 0 Å². The van der Waals surface area contributed by atoms with Crippen LogP contribution in [0.4, 0.5) is 8.78 Å². The molecule has 29 heavy (non-hydrogen) atoms. The molecule has 8 heteroatoms. The van der Waals surface area contributed by atoms with Gasteiger partial charge in [-0.2, -0.15) is 0 Å². The van der Waals surface area contributed by atoms with Crippen LogP contribution in [-0.2, 0) is 20.9 Å². The summed E-state index contributed by atoms with van der Waals surface area (Å²) in [6.07, 6.45) is 2.17. The maximum atomic E-state index is 14.1. The Labute approximate surface area is 169 Å². The Bertz CT molecular complexity index is 1120. The molecule has 3 rings (SSSR count). The van der Waals surface area contributed by atoms with Gasteiger partial charge in [0.2, 0.25) is 0 Å². The highest BCUT2D eigenvalue weighted by molar-refractivity contribution is 6.39. The van der Waals surface area contributed by atoms with Crippen molar-refractivity contribution in [1.82, 2.24) is 4.57 Å². The van der Waals surface area contributed by atoms with Crippen molar-refractivity contribution in [3.05, 3.63) is 76.5 Å². The van der Waals surface area contributed by atoms with Crippen molar-refractivity contribution in [3.63, 3.8) is 0 Å². The van der Waals surface area contributed by atoms with E-state index in [2.05, 4.69) is 4.74 Å². The maximum absolute atomic E-state index is 14.1. The first-order chi connectivity index (χ1) is 13.8. The summed E-state index contributed by atoms with van der Waals surface area (Å²) in [5.74, 6) is -4.04. The molecule has 1 aromatic heterocycles. The molecule has 0 saturated heterocycles. The highest BCUT2D eigenvalue weighted by Crippen LogP contribution is 2.30. The zero-order chi connectivity index (χ0) is 21.1. The lowest BCUT2D eigenvalue weighted by molar-refractivity contribution is -0.151. The predicted octanol–water partition coefficient (Wildman–Crippen LogP) is 4.65. The third-order valence-corrected chi connectivity index (χ3v) is 4.49. The second-order valence-electron chi connectivity index (χ2n) is 6.15. The second kappa shape index (κ2) is 8.45. The van der Waals surface area contributed by atoms with Crippen molar-refractivity contribution < 1.29 is 28.2 Å². The zero-order valence-corrected chi connectivity index (χ0v) is 16.0. The molecular weight excluding hydrogens is 404 g/mol. The fourth-order valence-electron chi connectivity index (χ4n) is 2.92. The molecule has 0 atom stereocenters. The first kappa shape index (κ1) is 20.5. The quantitative estimate of drug-likeness (QED) is 0.273. The zero-order valence-electron chi connectivity index (χ0n) is 15.3. The number of carbonyl (C=O) groups is 2. The van der Waals surface area contributed by atoms with Crippen molar-refractivity contribution in [2.24, 2.45) is 0 Å². The molecule has 0 aliphatic heterocycles. The Morgan fingerprint density at radius 3 is 2.55 bits per heavy atom. The van der Waals surface area contributed by atoms with Gasteiger partial charge in [-0.15, -0.1) is 0 Å². The number of aliphatic hydroxyl groups excluding tert-OH is 1. The second-order valence-corrected chi connectivity index (χ2v) is 6.58. The smallest absolute Gasteiger partial charge is 0.379 e. The number of hydrogen-bond acceptors (Lipinski definition) is 4. The topological polar surface area (TPSA) is 68.5 Å². The van der Waals surface area contributed by atoms with E-state index in [1.165, 1.54) is 16.8 Å². The highest BCUT2D eigenvalue weighted by atomic mass is 35.5. The molecule has 2 aromatic carbocycles. The van der Waals surface area contributed by atoms with Crippen LogP contribution in [-0.4, -0.2) is 28.0 Å². The molecular formula is C21H16ClF2NO4. The van der Waals surface area contributed by atoms with Crippen LogP contribution in [0.3, 0.4) is 0 Å². The van der Waals surface area contributed by atoms with E-state index in [1.54, 1.807) is 25.1 Å². The Hall–Kier alpha value is -3.19. The number of benzene rings is 2. The van der Waals surface area contributed by atoms with Crippen LogP contribution in [0.5, 0.6) is 0 Å². The Balaban J connectivity index is 2.08. The summed E-state index contributed by atoms with van der Waals surface area (Å²) in [4.78, 5) is 23.4. The minimum absolute atomic E-state index is 0.0190. The molecule has 0 aliphatic carbocycles. The monoisotopic (exact) mass is 419 g/mol. The number of aliphatic hydroxyl groups is 1. The normalized spacial score (nSPS) is 11.7. The minimum atomic E-state index is -1.10. The molecule has 0 fully saturated rings. The standard InChI is InChI=1S/C21H16ClF2NO4/c1-2-29-21(28)20(27)9-19(26)14-10-25(18-8-12(22)6-7-13(14)18)11-15-16(23)4-3-5-17(15)24/h3-10,26H,2,11H2,1H3/b19-9-. The summed E-state index contributed by atoms with van der Waals surface area (Å²) in [6, 6.07) is 8.29.